The summed E-state index contributed by atoms with van der Waals surface area (Å²) in [5, 5.41) is 5.91. The minimum absolute atomic E-state index is 0.0489. The van der Waals surface area contributed by atoms with Gasteiger partial charge in [0, 0.05) is 24.9 Å². The number of hydrogen-bond donors (Lipinski definition) is 2. The van der Waals surface area contributed by atoms with Crippen molar-refractivity contribution in [2.24, 2.45) is 0 Å². The molecule has 1 saturated heterocycles. The molecular weight excluding hydrogens is 357 g/mol. The van der Waals surface area contributed by atoms with Crippen LogP contribution in [0, 0.1) is 5.82 Å². The second-order valence-corrected chi connectivity index (χ2v) is 6.22. The average molecular weight is 374 g/mol. The van der Waals surface area contributed by atoms with Gasteiger partial charge in [-0.15, -0.1) is 0 Å². The summed E-state index contributed by atoms with van der Waals surface area (Å²) in [5.41, 5.74) is 1.88. The van der Waals surface area contributed by atoms with E-state index < -0.39 is 0 Å². The minimum Gasteiger partial charge on any atom is -0.359 e. The monoisotopic (exact) mass is 373 g/mol. The highest BCUT2D eigenvalue weighted by Crippen LogP contribution is 2.29. The number of carbonyl (C=O) groups excluding carboxylic acids is 2. The Bertz CT molecular complexity index is 870. The molecule has 2 aromatic carbocycles. The molecule has 134 valence electrons. The van der Waals surface area contributed by atoms with E-state index in [9.17, 15) is 14.0 Å². The summed E-state index contributed by atoms with van der Waals surface area (Å²) >= 11 is 6.30. The van der Waals surface area contributed by atoms with Gasteiger partial charge in [0.2, 0.25) is 11.8 Å². The highest BCUT2D eigenvalue weighted by atomic mass is 35.5. The molecule has 0 bridgehead atoms. The van der Waals surface area contributed by atoms with Crippen LogP contribution in [0.3, 0.4) is 0 Å². The molecule has 1 aliphatic heterocycles. The number of nitrogens with one attached hydrogen (secondary N) is 2. The van der Waals surface area contributed by atoms with Crippen molar-refractivity contribution in [2.45, 2.75) is 0 Å². The molecule has 1 heterocycles. The molecule has 2 aromatic rings. The van der Waals surface area contributed by atoms with Crippen LogP contribution in [0.15, 0.2) is 48.5 Å². The summed E-state index contributed by atoms with van der Waals surface area (Å²) in [4.78, 5) is 25.4. The molecule has 3 rings (SSSR count). The van der Waals surface area contributed by atoms with E-state index in [1.54, 1.807) is 30.3 Å². The standard InChI is InChI=1S/C19H17ClFN3O2/c20-16-11-15(5-6-17(16)24-9-8-22-19(26)12-24)23-18(25)7-4-13-2-1-3-14(21)10-13/h1-7,10-11H,8-9,12H2,(H,22,26)(H,23,25). The highest BCUT2D eigenvalue weighted by molar-refractivity contribution is 6.33. The van der Waals surface area contributed by atoms with E-state index >= 15 is 0 Å². The zero-order valence-corrected chi connectivity index (χ0v) is 14.6. The fourth-order valence-corrected chi connectivity index (χ4v) is 2.95. The second kappa shape index (κ2) is 8.01. The van der Waals surface area contributed by atoms with Crippen LogP contribution in [0.5, 0.6) is 0 Å². The molecule has 1 aliphatic rings. The van der Waals surface area contributed by atoms with Crippen molar-refractivity contribution in [1.29, 1.82) is 0 Å². The van der Waals surface area contributed by atoms with Gasteiger partial charge in [0.25, 0.3) is 0 Å². The fourth-order valence-electron chi connectivity index (χ4n) is 2.65. The van der Waals surface area contributed by atoms with Crippen molar-refractivity contribution in [2.75, 3.05) is 29.9 Å². The zero-order valence-electron chi connectivity index (χ0n) is 13.8. The van der Waals surface area contributed by atoms with E-state index in [-0.39, 0.29) is 24.2 Å². The fraction of sp³-hybridized carbons (Fsp3) is 0.158. The van der Waals surface area contributed by atoms with Crippen LogP contribution in [0.4, 0.5) is 15.8 Å². The Labute approximate surface area is 155 Å². The molecule has 26 heavy (non-hydrogen) atoms. The Hall–Kier alpha value is -2.86. The summed E-state index contributed by atoms with van der Waals surface area (Å²) < 4.78 is 13.1. The van der Waals surface area contributed by atoms with E-state index in [0.717, 1.165) is 5.69 Å². The van der Waals surface area contributed by atoms with Crippen LogP contribution in [0.2, 0.25) is 5.02 Å². The molecule has 0 saturated carbocycles. The maximum Gasteiger partial charge on any atom is 0.248 e. The smallest absolute Gasteiger partial charge is 0.248 e. The van der Waals surface area contributed by atoms with Crippen molar-refractivity contribution in [3.63, 3.8) is 0 Å². The largest absolute Gasteiger partial charge is 0.359 e. The molecule has 5 nitrogen and oxygen atoms in total. The molecule has 0 aliphatic carbocycles. The SMILES string of the molecule is O=C(C=Cc1cccc(F)c1)Nc1ccc(N2CCNC(=O)C2)c(Cl)c1. The van der Waals surface area contributed by atoms with Gasteiger partial charge in [-0.1, -0.05) is 23.7 Å². The first-order valence-corrected chi connectivity index (χ1v) is 8.45. The lowest BCUT2D eigenvalue weighted by Crippen LogP contribution is -2.47. The predicted octanol–water partition coefficient (Wildman–Crippen LogP) is 3.07. The third-order valence-electron chi connectivity index (χ3n) is 3.87. The van der Waals surface area contributed by atoms with Gasteiger partial charge in [0.1, 0.15) is 5.82 Å². The van der Waals surface area contributed by atoms with Crippen molar-refractivity contribution in [1.82, 2.24) is 5.32 Å². The number of amides is 2. The Balaban J connectivity index is 1.65. The number of halogens is 2. The maximum absolute atomic E-state index is 13.1. The molecule has 2 amide bonds. The van der Waals surface area contributed by atoms with Gasteiger partial charge in [-0.3, -0.25) is 9.59 Å². The van der Waals surface area contributed by atoms with Crippen LogP contribution in [0.25, 0.3) is 6.08 Å². The zero-order chi connectivity index (χ0) is 18.5. The second-order valence-electron chi connectivity index (χ2n) is 5.82. The van der Waals surface area contributed by atoms with E-state index in [0.29, 0.717) is 29.4 Å². The number of carbonyl (C=O) groups is 2. The molecule has 0 atom stereocenters. The Morgan fingerprint density at radius 2 is 2.12 bits per heavy atom. The third-order valence-corrected chi connectivity index (χ3v) is 4.17. The van der Waals surface area contributed by atoms with Crippen LogP contribution in [0.1, 0.15) is 5.56 Å². The summed E-state index contributed by atoms with van der Waals surface area (Å²) in [6, 6.07) is 11.1. The number of benzene rings is 2. The summed E-state index contributed by atoms with van der Waals surface area (Å²) in [7, 11) is 0. The number of piperazine rings is 1. The average Bonchev–Trinajstić information content (AvgIpc) is 2.60. The van der Waals surface area contributed by atoms with Gasteiger partial charge in [-0.2, -0.15) is 0 Å². The summed E-state index contributed by atoms with van der Waals surface area (Å²) in [5.74, 6) is -0.760. The first kappa shape index (κ1) is 17.9. The molecule has 0 aromatic heterocycles. The molecular formula is C19H17ClFN3O2. The summed E-state index contributed by atoms with van der Waals surface area (Å²) in [6.45, 7) is 1.49. The Kier molecular flexibility index (Phi) is 5.53. The summed E-state index contributed by atoms with van der Waals surface area (Å²) in [6.07, 6.45) is 2.85. The van der Waals surface area contributed by atoms with Gasteiger partial charge in [0.05, 0.1) is 17.3 Å². The van der Waals surface area contributed by atoms with Crippen LogP contribution in [-0.4, -0.2) is 31.4 Å². The number of hydrogen-bond acceptors (Lipinski definition) is 3. The predicted molar refractivity (Wildman–Crippen MR) is 101 cm³/mol. The molecule has 0 spiro atoms. The topological polar surface area (TPSA) is 61.4 Å². The van der Waals surface area contributed by atoms with Crippen molar-refractivity contribution >= 4 is 40.9 Å². The van der Waals surface area contributed by atoms with E-state index in [1.807, 2.05) is 4.90 Å². The molecule has 7 heteroatoms. The van der Waals surface area contributed by atoms with Gasteiger partial charge in [-0.25, -0.2) is 4.39 Å². The van der Waals surface area contributed by atoms with E-state index in [1.165, 1.54) is 24.3 Å². The van der Waals surface area contributed by atoms with E-state index in [4.69, 9.17) is 11.6 Å². The lowest BCUT2D eigenvalue weighted by atomic mass is 10.2. The van der Waals surface area contributed by atoms with Gasteiger partial charge in [-0.05, 0) is 42.0 Å². The lowest BCUT2D eigenvalue weighted by molar-refractivity contribution is -0.120. The van der Waals surface area contributed by atoms with Crippen molar-refractivity contribution < 1.29 is 14.0 Å². The molecule has 1 fully saturated rings. The van der Waals surface area contributed by atoms with Gasteiger partial charge >= 0.3 is 0 Å². The number of anilines is 2. The maximum atomic E-state index is 13.1. The van der Waals surface area contributed by atoms with Crippen LogP contribution >= 0.6 is 11.6 Å². The first-order valence-electron chi connectivity index (χ1n) is 8.07. The Morgan fingerprint density at radius 1 is 1.27 bits per heavy atom. The van der Waals surface area contributed by atoms with Gasteiger partial charge < -0.3 is 15.5 Å². The van der Waals surface area contributed by atoms with Crippen LogP contribution < -0.4 is 15.5 Å². The molecule has 0 radical (unpaired) electrons. The van der Waals surface area contributed by atoms with Crippen molar-refractivity contribution in [3.05, 3.63) is 64.9 Å². The van der Waals surface area contributed by atoms with Gasteiger partial charge in [0.15, 0.2) is 0 Å². The number of rotatable bonds is 4. The first-order chi connectivity index (χ1) is 12.5. The quantitative estimate of drug-likeness (QED) is 0.810. The Morgan fingerprint density at radius 3 is 2.85 bits per heavy atom. The molecule has 2 N–H and O–H groups in total. The van der Waals surface area contributed by atoms with E-state index in [2.05, 4.69) is 10.6 Å². The number of nitrogens with zero attached hydrogens (tertiary/aromatic N) is 1. The van der Waals surface area contributed by atoms with Crippen LogP contribution in [-0.2, 0) is 9.59 Å². The minimum atomic E-state index is -0.360. The third kappa shape index (κ3) is 4.61. The van der Waals surface area contributed by atoms with Crippen molar-refractivity contribution in [3.8, 4) is 0 Å². The lowest BCUT2D eigenvalue weighted by Gasteiger charge is -2.29. The highest BCUT2D eigenvalue weighted by Gasteiger charge is 2.18. The normalized spacial score (nSPS) is 14.4. The molecule has 0 unspecified atom stereocenters.